The van der Waals surface area contributed by atoms with Crippen LogP contribution < -0.4 is 0 Å². The van der Waals surface area contributed by atoms with Crippen LogP contribution >= 0.6 is 0 Å². The Balaban J connectivity index is 2.07. The zero-order valence-corrected chi connectivity index (χ0v) is 8.80. The quantitative estimate of drug-likeness (QED) is 0.802. The summed E-state index contributed by atoms with van der Waals surface area (Å²) in [5.74, 6) is 1.28. The van der Waals surface area contributed by atoms with E-state index >= 15 is 0 Å². The molecule has 0 aromatic carbocycles. The Morgan fingerprint density at radius 1 is 1.00 bits per heavy atom. The molecule has 0 atom stereocenters. The molecule has 4 nitrogen and oxygen atoms in total. The SMILES string of the molecule is OCC(O)(Cc1ccco1)Cc1ccco1. The molecule has 2 N–H and O–H groups in total. The van der Waals surface area contributed by atoms with Gasteiger partial charge in [-0.3, -0.25) is 0 Å². The highest BCUT2D eigenvalue weighted by atomic mass is 16.4. The highest BCUT2D eigenvalue weighted by molar-refractivity contribution is 5.08. The molecule has 0 aliphatic carbocycles. The van der Waals surface area contributed by atoms with Gasteiger partial charge in [-0.2, -0.15) is 0 Å². The van der Waals surface area contributed by atoms with Crippen LogP contribution in [0.5, 0.6) is 0 Å². The second-order valence-corrected chi connectivity index (χ2v) is 3.89. The average Bonchev–Trinajstić information content (AvgIpc) is 2.91. The van der Waals surface area contributed by atoms with E-state index in [0.29, 0.717) is 11.5 Å². The molecule has 2 aromatic rings. The molecule has 0 fully saturated rings. The summed E-state index contributed by atoms with van der Waals surface area (Å²) in [5.41, 5.74) is -1.24. The minimum atomic E-state index is -1.24. The van der Waals surface area contributed by atoms with Gasteiger partial charge >= 0.3 is 0 Å². The second kappa shape index (κ2) is 4.55. The van der Waals surface area contributed by atoms with Gasteiger partial charge in [-0.15, -0.1) is 0 Å². The molecule has 86 valence electrons. The van der Waals surface area contributed by atoms with Crippen molar-refractivity contribution in [2.75, 3.05) is 6.61 Å². The van der Waals surface area contributed by atoms with Crippen LogP contribution in [0.4, 0.5) is 0 Å². The zero-order valence-electron chi connectivity index (χ0n) is 8.80. The second-order valence-electron chi connectivity index (χ2n) is 3.89. The van der Waals surface area contributed by atoms with Crippen molar-refractivity contribution in [3.63, 3.8) is 0 Å². The number of hydrogen-bond acceptors (Lipinski definition) is 4. The summed E-state index contributed by atoms with van der Waals surface area (Å²) >= 11 is 0. The third kappa shape index (κ3) is 2.53. The van der Waals surface area contributed by atoms with E-state index in [4.69, 9.17) is 8.83 Å². The Morgan fingerprint density at radius 3 is 1.81 bits per heavy atom. The normalized spacial score (nSPS) is 11.9. The molecule has 16 heavy (non-hydrogen) atoms. The molecule has 0 bridgehead atoms. The van der Waals surface area contributed by atoms with Crippen LogP contribution in [0.2, 0.25) is 0 Å². The van der Waals surface area contributed by atoms with Gasteiger partial charge in [0.25, 0.3) is 0 Å². The molecule has 2 heterocycles. The average molecular weight is 222 g/mol. The van der Waals surface area contributed by atoms with E-state index in [-0.39, 0.29) is 19.4 Å². The van der Waals surface area contributed by atoms with Crippen LogP contribution in [-0.4, -0.2) is 22.4 Å². The first-order chi connectivity index (χ1) is 7.72. The van der Waals surface area contributed by atoms with E-state index in [2.05, 4.69) is 0 Å². The third-order valence-corrected chi connectivity index (χ3v) is 2.46. The van der Waals surface area contributed by atoms with Gasteiger partial charge in [0.15, 0.2) is 0 Å². The lowest BCUT2D eigenvalue weighted by Crippen LogP contribution is -2.38. The van der Waals surface area contributed by atoms with E-state index in [1.54, 1.807) is 36.8 Å². The molecule has 2 rings (SSSR count). The summed E-state index contributed by atoms with van der Waals surface area (Å²) in [5, 5.41) is 19.4. The number of aliphatic hydroxyl groups excluding tert-OH is 1. The van der Waals surface area contributed by atoms with Gasteiger partial charge in [0.1, 0.15) is 17.1 Å². The van der Waals surface area contributed by atoms with Crippen LogP contribution in [0.1, 0.15) is 11.5 Å². The minimum absolute atomic E-state index is 0.261. The zero-order chi connectivity index (χ0) is 11.4. The lowest BCUT2D eigenvalue weighted by molar-refractivity contribution is -0.0206. The monoisotopic (exact) mass is 222 g/mol. The molecule has 0 aliphatic heterocycles. The predicted molar refractivity (Wildman–Crippen MR) is 56.9 cm³/mol. The lowest BCUT2D eigenvalue weighted by Gasteiger charge is -2.23. The predicted octanol–water partition coefficient (Wildman–Crippen LogP) is 1.38. The van der Waals surface area contributed by atoms with E-state index in [0.717, 1.165) is 0 Å². The molecule has 0 aliphatic rings. The summed E-state index contributed by atoms with van der Waals surface area (Å²) in [6.45, 7) is -0.339. The molecule has 0 amide bonds. The highest BCUT2D eigenvalue weighted by Crippen LogP contribution is 2.19. The Hall–Kier alpha value is -1.52. The smallest absolute Gasteiger partial charge is 0.106 e. The maximum Gasteiger partial charge on any atom is 0.106 e. The highest BCUT2D eigenvalue weighted by Gasteiger charge is 2.29. The molecule has 4 heteroatoms. The molecular weight excluding hydrogens is 208 g/mol. The van der Waals surface area contributed by atoms with Crippen LogP contribution in [0, 0.1) is 0 Å². The van der Waals surface area contributed by atoms with Gasteiger partial charge in [0, 0.05) is 12.8 Å². The van der Waals surface area contributed by atoms with Crippen molar-refractivity contribution in [2.24, 2.45) is 0 Å². The summed E-state index contributed by atoms with van der Waals surface area (Å²) in [4.78, 5) is 0. The molecule has 0 saturated carbocycles. The van der Waals surface area contributed by atoms with E-state index in [1.165, 1.54) is 0 Å². The first-order valence-electron chi connectivity index (χ1n) is 5.10. The van der Waals surface area contributed by atoms with Crippen molar-refractivity contribution < 1.29 is 19.0 Å². The van der Waals surface area contributed by atoms with Gasteiger partial charge in [0.2, 0.25) is 0 Å². The van der Waals surface area contributed by atoms with Crippen molar-refractivity contribution >= 4 is 0 Å². The number of furan rings is 2. The van der Waals surface area contributed by atoms with Crippen LogP contribution in [0.25, 0.3) is 0 Å². The number of aliphatic hydroxyl groups is 2. The van der Waals surface area contributed by atoms with E-state index < -0.39 is 5.60 Å². The number of rotatable bonds is 5. The maximum atomic E-state index is 10.2. The first-order valence-corrected chi connectivity index (χ1v) is 5.10. The summed E-state index contributed by atoms with van der Waals surface area (Å²) in [7, 11) is 0. The Bertz CT molecular complexity index is 366. The molecule has 2 aromatic heterocycles. The first kappa shape index (κ1) is 11.0. The fraction of sp³-hybridized carbons (Fsp3) is 0.333. The minimum Gasteiger partial charge on any atom is -0.469 e. The lowest BCUT2D eigenvalue weighted by atomic mass is 9.94. The van der Waals surface area contributed by atoms with Gasteiger partial charge in [-0.1, -0.05) is 0 Å². The topological polar surface area (TPSA) is 66.7 Å². The molecule has 0 spiro atoms. The fourth-order valence-electron chi connectivity index (χ4n) is 1.65. The molecule has 0 unspecified atom stereocenters. The van der Waals surface area contributed by atoms with Crippen molar-refractivity contribution in [2.45, 2.75) is 18.4 Å². The van der Waals surface area contributed by atoms with Gasteiger partial charge in [0.05, 0.1) is 19.1 Å². The van der Waals surface area contributed by atoms with Crippen LogP contribution in [0.3, 0.4) is 0 Å². The van der Waals surface area contributed by atoms with Gasteiger partial charge < -0.3 is 19.0 Å². The summed E-state index contributed by atoms with van der Waals surface area (Å²) < 4.78 is 10.3. The van der Waals surface area contributed by atoms with Crippen molar-refractivity contribution in [3.05, 3.63) is 48.3 Å². The van der Waals surface area contributed by atoms with Gasteiger partial charge in [-0.05, 0) is 24.3 Å². The van der Waals surface area contributed by atoms with Gasteiger partial charge in [-0.25, -0.2) is 0 Å². The fourth-order valence-corrected chi connectivity index (χ4v) is 1.65. The largest absolute Gasteiger partial charge is 0.469 e. The Labute approximate surface area is 93.1 Å². The molecule has 0 radical (unpaired) electrons. The van der Waals surface area contributed by atoms with Crippen LogP contribution in [0.15, 0.2) is 45.6 Å². The third-order valence-electron chi connectivity index (χ3n) is 2.46. The molecule has 0 saturated heterocycles. The van der Waals surface area contributed by atoms with Crippen molar-refractivity contribution in [1.82, 2.24) is 0 Å². The van der Waals surface area contributed by atoms with Crippen LogP contribution in [-0.2, 0) is 12.8 Å². The summed E-state index contributed by atoms with van der Waals surface area (Å²) in [6, 6.07) is 7.03. The number of hydrogen-bond donors (Lipinski definition) is 2. The Kier molecular flexibility index (Phi) is 3.12. The maximum absolute atomic E-state index is 10.2. The standard InChI is InChI=1S/C12H14O4/c13-9-12(14,7-10-3-1-5-15-10)8-11-4-2-6-16-11/h1-6,13-14H,7-9H2. The van der Waals surface area contributed by atoms with Crippen molar-refractivity contribution in [3.8, 4) is 0 Å². The van der Waals surface area contributed by atoms with E-state index in [9.17, 15) is 10.2 Å². The summed E-state index contributed by atoms with van der Waals surface area (Å²) in [6.07, 6.45) is 3.61. The van der Waals surface area contributed by atoms with Crippen molar-refractivity contribution in [1.29, 1.82) is 0 Å². The Morgan fingerprint density at radius 2 is 1.50 bits per heavy atom. The molecular formula is C12H14O4. The van der Waals surface area contributed by atoms with E-state index in [1.807, 2.05) is 0 Å².